The zero-order chi connectivity index (χ0) is 18.0. The molecule has 0 aliphatic carbocycles. The molecule has 2 aromatic carbocycles. The van der Waals surface area contributed by atoms with Gasteiger partial charge in [0.1, 0.15) is 17.2 Å². The van der Waals surface area contributed by atoms with Crippen molar-refractivity contribution in [2.24, 2.45) is 0 Å². The number of ether oxygens (including phenoxy) is 3. The van der Waals surface area contributed by atoms with E-state index in [9.17, 15) is 9.59 Å². The van der Waals surface area contributed by atoms with Gasteiger partial charge in [0.25, 0.3) is 0 Å². The second-order valence-electron chi connectivity index (χ2n) is 5.63. The number of Topliss-reactive ketones (excluding diaryl/α,β-unsaturated/α-hetero) is 1. The van der Waals surface area contributed by atoms with E-state index in [1.165, 1.54) is 4.90 Å². The number of rotatable bonds is 3. The van der Waals surface area contributed by atoms with Crippen molar-refractivity contribution in [3.63, 3.8) is 0 Å². The molecule has 0 aromatic heterocycles. The fourth-order valence-electron chi connectivity index (χ4n) is 2.27. The molecule has 25 heavy (non-hydrogen) atoms. The van der Waals surface area contributed by atoms with E-state index in [1.54, 1.807) is 69.7 Å². The van der Waals surface area contributed by atoms with Crippen molar-refractivity contribution >= 4 is 18.0 Å². The predicted molar refractivity (Wildman–Crippen MR) is 92.1 cm³/mol. The number of benzene rings is 2. The van der Waals surface area contributed by atoms with Crippen LogP contribution in [0.15, 0.2) is 48.2 Å². The Morgan fingerprint density at radius 3 is 2.40 bits per heavy atom. The van der Waals surface area contributed by atoms with Gasteiger partial charge in [0.15, 0.2) is 5.76 Å². The van der Waals surface area contributed by atoms with Crippen molar-refractivity contribution in [3.8, 4) is 17.2 Å². The molecule has 6 heteroatoms. The number of amides is 1. The Morgan fingerprint density at radius 1 is 1.08 bits per heavy atom. The number of nitrogens with zero attached hydrogens (tertiary/aromatic N) is 1. The van der Waals surface area contributed by atoms with Crippen LogP contribution in [0.4, 0.5) is 4.79 Å². The van der Waals surface area contributed by atoms with E-state index in [2.05, 4.69) is 0 Å². The van der Waals surface area contributed by atoms with Crippen molar-refractivity contribution in [2.45, 2.75) is 0 Å². The molecule has 1 amide bonds. The Labute approximate surface area is 145 Å². The van der Waals surface area contributed by atoms with Gasteiger partial charge in [-0.05, 0) is 35.9 Å². The summed E-state index contributed by atoms with van der Waals surface area (Å²) < 4.78 is 15.9. The molecule has 1 heterocycles. The van der Waals surface area contributed by atoms with Gasteiger partial charge in [-0.1, -0.05) is 12.1 Å². The maximum absolute atomic E-state index is 12.4. The van der Waals surface area contributed by atoms with Crippen molar-refractivity contribution in [1.82, 2.24) is 4.90 Å². The lowest BCUT2D eigenvalue weighted by Crippen LogP contribution is -2.25. The maximum atomic E-state index is 12.4. The van der Waals surface area contributed by atoms with Crippen LogP contribution in [0.25, 0.3) is 6.08 Å². The smallest absolute Gasteiger partial charge is 0.414 e. The molecule has 0 unspecified atom stereocenters. The zero-order valence-electron chi connectivity index (χ0n) is 14.1. The van der Waals surface area contributed by atoms with E-state index in [-0.39, 0.29) is 11.5 Å². The molecule has 1 aliphatic rings. The minimum Gasteiger partial charge on any atom is -0.497 e. The first-order chi connectivity index (χ1) is 12.0. The van der Waals surface area contributed by atoms with Gasteiger partial charge in [0, 0.05) is 20.2 Å². The molecule has 0 fully saturated rings. The van der Waals surface area contributed by atoms with Crippen molar-refractivity contribution < 1.29 is 23.8 Å². The van der Waals surface area contributed by atoms with Crippen molar-refractivity contribution in [1.29, 1.82) is 0 Å². The lowest BCUT2D eigenvalue weighted by molar-refractivity contribution is 0.101. The molecule has 0 bridgehead atoms. The van der Waals surface area contributed by atoms with Gasteiger partial charge in [-0.25, -0.2) is 4.79 Å². The Morgan fingerprint density at radius 2 is 1.76 bits per heavy atom. The van der Waals surface area contributed by atoms with Crippen LogP contribution in [-0.2, 0) is 0 Å². The number of methoxy groups -OCH3 is 1. The molecule has 0 atom stereocenters. The van der Waals surface area contributed by atoms with Crippen LogP contribution >= 0.6 is 0 Å². The topological polar surface area (TPSA) is 65.1 Å². The summed E-state index contributed by atoms with van der Waals surface area (Å²) in [5, 5.41) is 0. The summed E-state index contributed by atoms with van der Waals surface area (Å²) in [5.74, 6) is 1.58. The van der Waals surface area contributed by atoms with Crippen LogP contribution in [-0.4, -0.2) is 38.0 Å². The summed E-state index contributed by atoms with van der Waals surface area (Å²) in [6.07, 6.45) is 1.19. The molecule has 0 spiro atoms. The molecule has 3 rings (SSSR count). The van der Waals surface area contributed by atoms with Gasteiger partial charge >= 0.3 is 6.09 Å². The Bertz CT molecular complexity index is 853. The standard InChI is InChI=1S/C19H17NO5/c1-20(2)19(22)24-13-6-4-12(5-7-13)10-17-18(21)15-9-8-14(23-3)11-16(15)25-17/h4-11H,1-3H3/b17-10-. The van der Waals surface area contributed by atoms with Crippen LogP contribution in [0.5, 0.6) is 17.2 Å². The fraction of sp³-hybridized carbons (Fsp3) is 0.158. The summed E-state index contributed by atoms with van der Waals surface area (Å²) in [6, 6.07) is 11.9. The van der Waals surface area contributed by atoms with Gasteiger partial charge in [-0.3, -0.25) is 4.79 Å². The average Bonchev–Trinajstić information content (AvgIpc) is 2.91. The predicted octanol–water partition coefficient (Wildman–Crippen LogP) is 3.37. The third-order valence-corrected chi connectivity index (χ3v) is 3.63. The van der Waals surface area contributed by atoms with Crippen LogP contribution in [0.1, 0.15) is 15.9 Å². The Balaban J connectivity index is 1.78. The Kier molecular flexibility index (Phi) is 4.43. The molecule has 1 aliphatic heterocycles. The SMILES string of the molecule is COc1ccc2c(c1)O/C(=C\c1ccc(OC(=O)N(C)C)cc1)C2=O. The molecule has 2 aromatic rings. The third-order valence-electron chi connectivity index (χ3n) is 3.63. The molecular formula is C19H17NO5. The first-order valence-corrected chi connectivity index (χ1v) is 7.59. The van der Waals surface area contributed by atoms with E-state index in [0.29, 0.717) is 22.8 Å². The normalized spacial score (nSPS) is 14.0. The van der Waals surface area contributed by atoms with Gasteiger partial charge in [0.2, 0.25) is 5.78 Å². The van der Waals surface area contributed by atoms with E-state index >= 15 is 0 Å². The van der Waals surface area contributed by atoms with Crippen LogP contribution in [0, 0.1) is 0 Å². The fourth-order valence-corrected chi connectivity index (χ4v) is 2.27. The van der Waals surface area contributed by atoms with E-state index in [1.807, 2.05) is 0 Å². The van der Waals surface area contributed by atoms with Gasteiger partial charge in [-0.2, -0.15) is 0 Å². The summed E-state index contributed by atoms with van der Waals surface area (Å²) in [7, 11) is 4.77. The first kappa shape index (κ1) is 16.6. The minimum absolute atomic E-state index is 0.180. The molecular weight excluding hydrogens is 322 g/mol. The van der Waals surface area contributed by atoms with Gasteiger partial charge in [0.05, 0.1) is 12.7 Å². The molecule has 0 radical (unpaired) electrons. The summed E-state index contributed by atoms with van der Waals surface area (Å²) in [5.41, 5.74) is 1.26. The first-order valence-electron chi connectivity index (χ1n) is 7.59. The van der Waals surface area contributed by atoms with Gasteiger partial charge in [-0.15, -0.1) is 0 Å². The number of carbonyl (C=O) groups excluding carboxylic acids is 2. The zero-order valence-corrected chi connectivity index (χ0v) is 14.1. The molecule has 128 valence electrons. The summed E-state index contributed by atoms with van der Waals surface area (Å²) in [4.78, 5) is 25.2. The van der Waals surface area contributed by atoms with Crippen molar-refractivity contribution in [3.05, 3.63) is 59.4 Å². The number of hydrogen-bond donors (Lipinski definition) is 0. The quantitative estimate of drug-likeness (QED) is 0.802. The van der Waals surface area contributed by atoms with Crippen molar-refractivity contribution in [2.75, 3.05) is 21.2 Å². The molecule has 0 saturated carbocycles. The highest BCUT2D eigenvalue weighted by Crippen LogP contribution is 2.34. The van der Waals surface area contributed by atoms with E-state index in [0.717, 1.165) is 5.56 Å². The monoisotopic (exact) mass is 339 g/mol. The second-order valence-corrected chi connectivity index (χ2v) is 5.63. The average molecular weight is 339 g/mol. The highest BCUT2D eigenvalue weighted by molar-refractivity contribution is 6.14. The molecule has 6 nitrogen and oxygen atoms in total. The largest absolute Gasteiger partial charge is 0.497 e. The second kappa shape index (κ2) is 6.68. The van der Waals surface area contributed by atoms with Gasteiger partial charge < -0.3 is 19.1 Å². The van der Waals surface area contributed by atoms with E-state index in [4.69, 9.17) is 14.2 Å². The number of fused-ring (bicyclic) bond motifs is 1. The summed E-state index contributed by atoms with van der Waals surface area (Å²) >= 11 is 0. The van der Waals surface area contributed by atoms with Crippen LogP contribution < -0.4 is 14.2 Å². The molecule has 0 saturated heterocycles. The lowest BCUT2D eigenvalue weighted by atomic mass is 10.1. The number of hydrogen-bond acceptors (Lipinski definition) is 5. The highest BCUT2D eigenvalue weighted by atomic mass is 16.6. The van der Waals surface area contributed by atoms with Crippen LogP contribution in [0.3, 0.4) is 0 Å². The minimum atomic E-state index is -0.454. The molecule has 0 N–H and O–H groups in total. The highest BCUT2D eigenvalue weighted by Gasteiger charge is 2.27. The maximum Gasteiger partial charge on any atom is 0.414 e. The number of ketones is 1. The Hall–Kier alpha value is -3.28. The number of carbonyl (C=O) groups is 2. The van der Waals surface area contributed by atoms with Crippen LogP contribution in [0.2, 0.25) is 0 Å². The third kappa shape index (κ3) is 3.47. The lowest BCUT2D eigenvalue weighted by Gasteiger charge is -2.10. The van der Waals surface area contributed by atoms with E-state index < -0.39 is 6.09 Å². The number of allylic oxidation sites excluding steroid dienone is 1. The summed E-state index contributed by atoms with van der Waals surface area (Å²) in [6.45, 7) is 0.